The second kappa shape index (κ2) is 6.33. The van der Waals surface area contributed by atoms with Crippen LogP contribution in [0, 0.1) is 6.92 Å². The van der Waals surface area contributed by atoms with Crippen LogP contribution >= 0.6 is 11.8 Å². The molecule has 0 radical (unpaired) electrons. The van der Waals surface area contributed by atoms with Gasteiger partial charge in [0.1, 0.15) is 11.4 Å². The zero-order valence-corrected chi connectivity index (χ0v) is 11.8. The predicted octanol–water partition coefficient (Wildman–Crippen LogP) is 1.22. The Balaban J connectivity index is 2.03. The molecule has 2 rings (SSSR count). The van der Waals surface area contributed by atoms with E-state index in [1.165, 1.54) is 18.0 Å². The summed E-state index contributed by atoms with van der Waals surface area (Å²) in [6, 6.07) is 0. The van der Waals surface area contributed by atoms with Crippen LogP contribution < -0.4 is 5.73 Å². The third kappa shape index (κ3) is 3.44. The minimum Gasteiger partial charge on any atom is -0.462 e. The number of anilines is 1. The number of nitrogen functional groups attached to an aromatic ring is 1. The molecule has 2 N–H and O–H groups in total. The summed E-state index contributed by atoms with van der Waals surface area (Å²) in [7, 11) is 0. The van der Waals surface area contributed by atoms with Crippen molar-refractivity contribution in [3.63, 3.8) is 0 Å². The molecule has 0 spiro atoms. The van der Waals surface area contributed by atoms with Gasteiger partial charge in [-0.25, -0.2) is 14.8 Å². The number of hydrogen-bond donors (Lipinski definition) is 1. The van der Waals surface area contributed by atoms with Crippen LogP contribution in [-0.2, 0) is 10.5 Å². The zero-order chi connectivity index (χ0) is 14.5. The van der Waals surface area contributed by atoms with Crippen LogP contribution in [-0.4, -0.2) is 32.7 Å². The third-order valence-electron chi connectivity index (χ3n) is 2.19. The molecule has 9 heteroatoms. The number of ether oxygens (including phenoxy) is 1. The maximum absolute atomic E-state index is 11.5. The molecule has 0 aliphatic heterocycles. The predicted molar refractivity (Wildman–Crippen MR) is 71.0 cm³/mol. The number of carbonyl (C=O) groups is 1. The molecule has 0 fully saturated rings. The average molecular weight is 295 g/mol. The van der Waals surface area contributed by atoms with Crippen LogP contribution in [0.5, 0.6) is 0 Å². The van der Waals surface area contributed by atoms with Gasteiger partial charge in [-0.05, 0) is 13.8 Å². The third-order valence-corrected chi connectivity index (χ3v) is 3.03. The molecule has 106 valence electrons. The Labute approximate surface area is 119 Å². The van der Waals surface area contributed by atoms with E-state index in [9.17, 15) is 4.79 Å². The van der Waals surface area contributed by atoms with Crippen LogP contribution in [0.15, 0.2) is 15.9 Å². The first-order valence-corrected chi connectivity index (χ1v) is 6.80. The molecular weight excluding hydrogens is 282 g/mol. The largest absolute Gasteiger partial charge is 0.462 e. The van der Waals surface area contributed by atoms with Gasteiger partial charge in [-0.3, -0.25) is 0 Å². The van der Waals surface area contributed by atoms with E-state index in [2.05, 4.69) is 20.1 Å². The highest BCUT2D eigenvalue weighted by atomic mass is 32.2. The fraction of sp³-hybridized carbons (Fsp3) is 0.364. The zero-order valence-electron chi connectivity index (χ0n) is 11.0. The molecule has 0 amide bonds. The minimum atomic E-state index is -0.533. The van der Waals surface area contributed by atoms with Gasteiger partial charge in [-0.15, -0.1) is 0 Å². The van der Waals surface area contributed by atoms with E-state index in [0.717, 1.165) is 0 Å². The SMILES string of the molecule is CCOC(=O)c1cnc(SCc2nc(C)no2)nc1N. The summed E-state index contributed by atoms with van der Waals surface area (Å²) >= 11 is 1.28. The number of aromatic nitrogens is 4. The topological polar surface area (TPSA) is 117 Å². The van der Waals surface area contributed by atoms with Gasteiger partial charge in [0.25, 0.3) is 0 Å². The minimum absolute atomic E-state index is 0.0858. The van der Waals surface area contributed by atoms with Crippen molar-refractivity contribution >= 4 is 23.5 Å². The first-order valence-electron chi connectivity index (χ1n) is 5.81. The van der Waals surface area contributed by atoms with E-state index in [1.54, 1.807) is 13.8 Å². The Morgan fingerprint density at radius 2 is 2.30 bits per heavy atom. The average Bonchev–Trinajstić information content (AvgIpc) is 2.82. The normalized spacial score (nSPS) is 10.5. The molecule has 2 aromatic heterocycles. The maximum Gasteiger partial charge on any atom is 0.343 e. The Hall–Kier alpha value is -2.16. The van der Waals surface area contributed by atoms with Crippen molar-refractivity contribution in [3.8, 4) is 0 Å². The number of thioether (sulfide) groups is 1. The van der Waals surface area contributed by atoms with Crippen molar-refractivity contribution in [2.45, 2.75) is 24.8 Å². The Morgan fingerprint density at radius 3 is 2.90 bits per heavy atom. The van der Waals surface area contributed by atoms with Crippen molar-refractivity contribution < 1.29 is 14.1 Å². The maximum atomic E-state index is 11.5. The first kappa shape index (κ1) is 14.3. The summed E-state index contributed by atoms with van der Waals surface area (Å²) < 4.78 is 9.81. The van der Waals surface area contributed by atoms with E-state index >= 15 is 0 Å². The molecule has 2 aromatic rings. The molecule has 0 saturated heterocycles. The van der Waals surface area contributed by atoms with Gasteiger partial charge in [0, 0.05) is 6.20 Å². The molecule has 0 aromatic carbocycles. The van der Waals surface area contributed by atoms with Gasteiger partial charge in [-0.2, -0.15) is 4.98 Å². The van der Waals surface area contributed by atoms with E-state index in [1.807, 2.05) is 0 Å². The Morgan fingerprint density at radius 1 is 1.50 bits per heavy atom. The fourth-order valence-electron chi connectivity index (χ4n) is 1.34. The molecule has 0 saturated carbocycles. The van der Waals surface area contributed by atoms with E-state index < -0.39 is 5.97 Å². The molecular formula is C11H13N5O3S. The smallest absolute Gasteiger partial charge is 0.343 e. The van der Waals surface area contributed by atoms with E-state index in [0.29, 0.717) is 22.6 Å². The molecule has 0 aliphatic rings. The standard InChI is InChI=1S/C11H13N5O3S/c1-3-18-10(17)7-4-13-11(15-9(7)12)20-5-8-14-6(2)16-19-8/h4H,3,5H2,1-2H3,(H2,12,13,15). The monoisotopic (exact) mass is 295 g/mol. The second-order valence-electron chi connectivity index (χ2n) is 3.70. The van der Waals surface area contributed by atoms with Crippen molar-refractivity contribution in [1.82, 2.24) is 20.1 Å². The summed E-state index contributed by atoms with van der Waals surface area (Å²) in [5, 5.41) is 4.10. The summed E-state index contributed by atoms with van der Waals surface area (Å²) in [6.07, 6.45) is 1.35. The van der Waals surface area contributed by atoms with Crippen LogP contribution in [0.3, 0.4) is 0 Å². The molecule has 20 heavy (non-hydrogen) atoms. The van der Waals surface area contributed by atoms with Gasteiger partial charge in [0.15, 0.2) is 11.0 Å². The highest BCUT2D eigenvalue weighted by Gasteiger charge is 2.14. The van der Waals surface area contributed by atoms with Gasteiger partial charge in [0.2, 0.25) is 5.89 Å². The molecule has 8 nitrogen and oxygen atoms in total. The fourth-order valence-corrected chi connectivity index (χ4v) is 2.00. The van der Waals surface area contributed by atoms with Crippen LogP contribution in [0.1, 0.15) is 29.0 Å². The van der Waals surface area contributed by atoms with Crippen LogP contribution in [0.2, 0.25) is 0 Å². The van der Waals surface area contributed by atoms with Gasteiger partial charge >= 0.3 is 5.97 Å². The van der Waals surface area contributed by atoms with E-state index in [-0.39, 0.29) is 18.0 Å². The van der Waals surface area contributed by atoms with Gasteiger partial charge in [-0.1, -0.05) is 16.9 Å². The van der Waals surface area contributed by atoms with Crippen molar-refractivity contribution in [2.24, 2.45) is 0 Å². The Bertz CT molecular complexity index is 616. The lowest BCUT2D eigenvalue weighted by molar-refractivity contribution is 0.0526. The molecule has 2 heterocycles. The quantitative estimate of drug-likeness (QED) is 0.493. The number of esters is 1. The van der Waals surface area contributed by atoms with E-state index in [4.69, 9.17) is 15.0 Å². The summed E-state index contributed by atoms with van der Waals surface area (Å²) in [5.74, 6) is 1.03. The summed E-state index contributed by atoms with van der Waals surface area (Å²) in [4.78, 5) is 23.7. The highest BCUT2D eigenvalue weighted by Crippen LogP contribution is 2.20. The first-order chi connectivity index (χ1) is 9.60. The lowest BCUT2D eigenvalue weighted by Gasteiger charge is -2.05. The molecule has 0 atom stereocenters. The van der Waals surface area contributed by atoms with Crippen molar-refractivity contribution in [1.29, 1.82) is 0 Å². The van der Waals surface area contributed by atoms with Crippen molar-refractivity contribution in [3.05, 3.63) is 23.5 Å². The van der Waals surface area contributed by atoms with Gasteiger partial charge in [0.05, 0.1) is 12.4 Å². The van der Waals surface area contributed by atoms with Crippen LogP contribution in [0.4, 0.5) is 5.82 Å². The highest BCUT2D eigenvalue weighted by molar-refractivity contribution is 7.98. The second-order valence-corrected chi connectivity index (χ2v) is 4.64. The summed E-state index contributed by atoms with van der Waals surface area (Å²) in [6.45, 7) is 3.72. The number of hydrogen-bond acceptors (Lipinski definition) is 9. The number of nitrogens with two attached hydrogens (primary N) is 1. The number of carbonyl (C=O) groups excluding carboxylic acids is 1. The van der Waals surface area contributed by atoms with Gasteiger partial charge < -0.3 is 15.0 Å². The van der Waals surface area contributed by atoms with Crippen LogP contribution in [0.25, 0.3) is 0 Å². The lowest BCUT2D eigenvalue weighted by atomic mass is 10.3. The number of nitrogens with zero attached hydrogens (tertiary/aromatic N) is 4. The number of rotatable bonds is 5. The number of aryl methyl sites for hydroxylation is 1. The lowest BCUT2D eigenvalue weighted by Crippen LogP contribution is -2.10. The molecule has 0 bridgehead atoms. The van der Waals surface area contributed by atoms with Crippen molar-refractivity contribution in [2.75, 3.05) is 12.3 Å². The molecule has 0 aliphatic carbocycles. The molecule has 0 unspecified atom stereocenters. The summed E-state index contributed by atoms with van der Waals surface area (Å²) in [5.41, 5.74) is 5.87. The Kier molecular flexibility index (Phi) is 4.51.